The van der Waals surface area contributed by atoms with Gasteiger partial charge < -0.3 is 19.9 Å². The average molecular weight is 426 g/mol. The Morgan fingerprint density at radius 1 is 1.00 bits per heavy atom. The van der Waals surface area contributed by atoms with Gasteiger partial charge in [-0.05, 0) is 47.4 Å². The van der Waals surface area contributed by atoms with Crippen LogP contribution in [0.1, 0.15) is 22.8 Å². The molecular weight excluding hydrogens is 402 g/mol. The molecule has 0 unspecified atom stereocenters. The number of aliphatic hydroxyl groups excluding tert-OH is 1. The number of nitrogens with one attached hydrogen (secondary N) is 1. The van der Waals surface area contributed by atoms with Crippen LogP contribution in [0, 0.1) is 0 Å². The molecule has 0 heterocycles. The van der Waals surface area contributed by atoms with Gasteiger partial charge in [-0.2, -0.15) is 0 Å². The third-order valence-corrected chi connectivity index (χ3v) is 4.86. The van der Waals surface area contributed by atoms with Gasteiger partial charge in [-0.3, -0.25) is 4.79 Å². The van der Waals surface area contributed by atoms with Crippen LogP contribution in [0.4, 0.5) is 0 Å². The lowest BCUT2D eigenvalue weighted by molar-refractivity contribution is -0.129. The van der Waals surface area contributed by atoms with Crippen LogP contribution < -0.4 is 14.8 Å². The van der Waals surface area contributed by atoms with Gasteiger partial charge in [-0.25, -0.2) is 0 Å². The number of ether oxygens (including phenoxy) is 2. The normalized spacial score (nSPS) is 11.6. The first-order valence-electron chi connectivity index (χ1n) is 9.61. The van der Waals surface area contributed by atoms with Crippen LogP contribution in [0.15, 0.2) is 72.8 Å². The number of carbonyl (C=O) groups is 1. The molecule has 3 aromatic rings. The van der Waals surface area contributed by atoms with Gasteiger partial charge in [0.05, 0.1) is 7.11 Å². The first-order valence-corrected chi connectivity index (χ1v) is 9.99. The standard InChI is InChI=1S/C24H24ClNO4/c1-29-22-15-17(7-12-21(22)30-16-18-5-3-2-4-6-18)13-14-26-24(28)23(27)19-8-10-20(25)11-9-19/h2-12,15,23,27H,13-14,16H2,1H3,(H,26,28)/t23-/m0/s1. The Hall–Kier alpha value is -3.02. The largest absolute Gasteiger partial charge is 0.493 e. The van der Waals surface area contributed by atoms with E-state index in [0.717, 1.165) is 11.1 Å². The number of benzene rings is 3. The minimum atomic E-state index is -1.23. The van der Waals surface area contributed by atoms with E-state index in [0.29, 0.717) is 41.7 Å². The van der Waals surface area contributed by atoms with Gasteiger partial charge in [-0.1, -0.05) is 60.1 Å². The predicted molar refractivity (Wildman–Crippen MR) is 117 cm³/mol. The van der Waals surface area contributed by atoms with Crippen molar-refractivity contribution in [1.82, 2.24) is 5.32 Å². The molecule has 0 aliphatic carbocycles. The Morgan fingerprint density at radius 2 is 1.73 bits per heavy atom. The number of hydrogen-bond donors (Lipinski definition) is 2. The maximum Gasteiger partial charge on any atom is 0.253 e. The maximum absolute atomic E-state index is 12.2. The van der Waals surface area contributed by atoms with E-state index in [4.69, 9.17) is 21.1 Å². The Bertz CT molecular complexity index is 961. The molecule has 1 amide bonds. The van der Waals surface area contributed by atoms with Crippen molar-refractivity contribution in [3.63, 3.8) is 0 Å². The number of carbonyl (C=O) groups excluding carboxylic acids is 1. The van der Waals surface area contributed by atoms with Gasteiger partial charge in [0.15, 0.2) is 17.6 Å². The SMILES string of the molecule is COc1cc(CCNC(=O)[C@@H](O)c2ccc(Cl)cc2)ccc1OCc1ccccc1. The lowest BCUT2D eigenvalue weighted by Gasteiger charge is -2.14. The molecule has 0 radical (unpaired) electrons. The third-order valence-electron chi connectivity index (χ3n) is 4.61. The lowest BCUT2D eigenvalue weighted by atomic mass is 10.1. The fraction of sp³-hybridized carbons (Fsp3) is 0.208. The summed E-state index contributed by atoms with van der Waals surface area (Å²) in [5, 5.41) is 13.5. The smallest absolute Gasteiger partial charge is 0.253 e. The number of amides is 1. The van der Waals surface area contributed by atoms with E-state index in [9.17, 15) is 9.90 Å². The molecule has 0 aliphatic heterocycles. The summed E-state index contributed by atoms with van der Waals surface area (Å²) in [6.07, 6.45) is -0.639. The zero-order valence-corrected chi connectivity index (χ0v) is 17.4. The van der Waals surface area contributed by atoms with Crippen LogP contribution in [0.25, 0.3) is 0 Å². The highest BCUT2D eigenvalue weighted by Gasteiger charge is 2.16. The van der Waals surface area contributed by atoms with Crippen molar-refractivity contribution >= 4 is 17.5 Å². The second-order valence-corrected chi connectivity index (χ2v) is 7.19. The molecule has 0 spiro atoms. The fourth-order valence-electron chi connectivity index (χ4n) is 2.95. The van der Waals surface area contributed by atoms with Crippen LogP contribution in [-0.4, -0.2) is 24.7 Å². The Balaban J connectivity index is 1.52. The second-order valence-electron chi connectivity index (χ2n) is 6.75. The summed E-state index contributed by atoms with van der Waals surface area (Å²) >= 11 is 5.83. The van der Waals surface area contributed by atoms with Crippen LogP contribution in [-0.2, 0) is 17.8 Å². The second kappa shape index (κ2) is 10.7. The van der Waals surface area contributed by atoms with Crippen molar-refractivity contribution in [2.24, 2.45) is 0 Å². The molecule has 30 heavy (non-hydrogen) atoms. The van der Waals surface area contributed by atoms with Gasteiger partial charge in [0.25, 0.3) is 5.91 Å². The van der Waals surface area contributed by atoms with Crippen LogP contribution in [0.5, 0.6) is 11.5 Å². The fourth-order valence-corrected chi connectivity index (χ4v) is 3.07. The minimum absolute atomic E-state index is 0.386. The summed E-state index contributed by atoms with van der Waals surface area (Å²) in [5.74, 6) is 0.843. The quantitative estimate of drug-likeness (QED) is 0.535. The minimum Gasteiger partial charge on any atom is -0.493 e. The van der Waals surface area contributed by atoms with E-state index in [2.05, 4.69) is 5.32 Å². The summed E-state index contributed by atoms with van der Waals surface area (Å²) in [4.78, 5) is 12.2. The molecule has 6 heteroatoms. The molecular formula is C24H24ClNO4. The summed E-state index contributed by atoms with van der Waals surface area (Å²) < 4.78 is 11.3. The van der Waals surface area contributed by atoms with Crippen LogP contribution in [0.2, 0.25) is 5.02 Å². The summed E-state index contributed by atoms with van der Waals surface area (Å²) in [6.45, 7) is 0.839. The molecule has 0 saturated heterocycles. The van der Waals surface area contributed by atoms with Crippen molar-refractivity contribution in [3.8, 4) is 11.5 Å². The van der Waals surface area contributed by atoms with E-state index < -0.39 is 12.0 Å². The molecule has 0 bridgehead atoms. The van der Waals surface area contributed by atoms with Gasteiger partial charge in [-0.15, -0.1) is 0 Å². The highest BCUT2D eigenvalue weighted by molar-refractivity contribution is 6.30. The molecule has 2 N–H and O–H groups in total. The van der Waals surface area contributed by atoms with E-state index in [1.807, 2.05) is 48.5 Å². The molecule has 0 saturated carbocycles. The molecule has 0 aromatic heterocycles. The number of aliphatic hydroxyl groups is 1. The highest BCUT2D eigenvalue weighted by Crippen LogP contribution is 2.29. The van der Waals surface area contributed by atoms with E-state index >= 15 is 0 Å². The third kappa shape index (κ3) is 5.99. The molecule has 5 nitrogen and oxygen atoms in total. The van der Waals surface area contributed by atoms with Crippen LogP contribution in [0.3, 0.4) is 0 Å². The van der Waals surface area contributed by atoms with E-state index in [1.54, 1.807) is 31.4 Å². The molecule has 0 aliphatic rings. The van der Waals surface area contributed by atoms with Crippen molar-refractivity contribution in [3.05, 3.63) is 94.5 Å². The Kier molecular flexibility index (Phi) is 7.71. The monoisotopic (exact) mass is 425 g/mol. The number of rotatable bonds is 9. The first kappa shape index (κ1) is 21.7. The average Bonchev–Trinajstić information content (AvgIpc) is 2.78. The topological polar surface area (TPSA) is 67.8 Å². The van der Waals surface area contributed by atoms with Crippen LogP contribution >= 0.6 is 11.6 Å². The Labute approximate surface area is 181 Å². The van der Waals surface area contributed by atoms with Crippen molar-refractivity contribution in [2.45, 2.75) is 19.1 Å². The first-order chi connectivity index (χ1) is 14.6. The highest BCUT2D eigenvalue weighted by atomic mass is 35.5. The lowest BCUT2D eigenvalue weighted by Crippen LogP contribution is -2.30. The summed E-state index contributed by atoms with van der Waals surface area (Å²) in [6, 6.07) is 22.1. The van der Waals surface area contributed by atoms with Crippen molar-refractivity contribution in [1.29, 1.82) is 0 Å². The molecule has 0 fully saturated rings. The van der Waals surface area contributed by atoms with Gasteiger partial charge >= 0.3 is 0 Å². The summed E-state index contributed by atoms with van der Waals surface area (Å²) in [5.41, 5.74) is 2.56. The van der Waals surface area contributed by atoms with Gasteiger partial charge in [0.1, 0.15) is 6.61 Å². The number of hydrogen-bond acceptors (Lipinski definition) is 4. The number of methoxy groups -OCH3 is 1. The number of halogens is 1. The predicted octanol–water partition coefficient (Wildman–Crippen LogP) is 4.32. The zero-order valence-electron chi connectivity index (χ0n) is 16.7. The zero-order chi connectivity index (χ0) is 21.3. The van der Waals surface area contributed by atoms with Gasteiger partial charge in [0.2, 0.25) is 0 Å². The maximum atomic E-state index is 12.2. The molecule has 3 aromatic carbocycles. The van der Waals surface area contributed by atoms with E-state index in [1.165, 1.54) is 0 Å². The Morgan fingerprint density at radius 3 is 2.43 bits per heavy atom. The van der Waals surface area contributed by atoms with Crippen molar-refractivity contribution < 1.29 is 19.4 Å². The summed E-state index contributed by atoms with van der Waals surface area (Å²) in [7, 11) is 1.60. The van der Waals surface area contributed by atoms with Crippen molar-refractivity contribution in [2.75, 3.05) is 13.7 Å². The molecule has 3 rings (SSSR count). The van der Waals surface area contributed by atoms with Gasteiger partial charge in [0, 0.05) is 11.6 Å². The van der Waals surface area contributed by atoms with E-state index in [-0.39, 0.29) is 0 Å². The molecule has 1 atom stereocenters. The molecule has 156 valence electrons.